The predicted octanol–water partition coefficient (Wildman–Crippen LogP) is 5.71. The van der Waals surface area contributed by atoms with Crippen LogP contribution in [0.3, 0.4) is 0 Å². The van der Waals surface area contributed by atoms with Crippen molar-refractivity contribution in [1.29, 1.82) is 0 Å². The van der Waals surface area contributed by atoms with Crippen molar-refractivity contribution in [2.45, 2.75) is 18.1 Å². The summed E-state index contributed by atoms with van der Waals surface area (Å²) in [4.78, 5) is 16.1. The molecule has 1 aromatic carbocycles. The number of rotatable bonds is 5. The van der Waals surface area contributed by atoms with Gasteiger partial charge in [-0.1, -0.05) is 34.4 Å². The molecule has 0 amide bonds. The minimum atomic E-state index is -4.57. The summed E-state index contributed by atoms with van der Waals surface area (Å²) < 4.78 is 59.7. The van der Waals surface area contributed by atoms with Crippen LogP contribution >= 0.6 is 23.2 Å². The molecule has 0 aliphatic heterocycles. The van der Waals surface area contributed by atoms with Crippen molar-refractivity contribution in [3.05, 3.63) is 63.5 Å². The van der Waals surface area contributed by atoms with Crippen molar-refractivity contribution in [3.63, 3.8) is 0 Å². The van der Waals surface area contributed by atoms with E-state index >= 15 is 0 Å². The lowest BCUT2D eigenvalue weighted by molar-refractivity contribution is -0.137. The molecule has 3 aromatic rings. The van der Waals surface area contributed by atoms with E-state index in [1.807, 2.05) is 0 Å². The Morgan fingerprint density at radius 1 is 1.19 bits per heavy atom. The van der Waals surface area contributed by atoms with Gasteiger partial charge in [0.15, 0.2) is 0 Å². The summed E-state index contributed by atoms with van der Waals surface area (Å²) in [7, 11) is -3.23. The van der Waals surface area contributed by atoms with Crippen molar-refractivity contribution >= 4 is 38.7 Å². The number of Topliss-reactive ketones (excluding diaryl/α,β-unsaturated/α-hetero) is 1. The maximum Gasteiger partial charge on any atom is 0.417 e. The molecule has 0 spiro atoms. The molecule has 3 rings (SSSR count). The zero-order chi connectivity index (χ0) is 23.0. The summed E-state index contributed by atoms with van der Waals surface area (Å²) in [6.07, 6.45) is -2.83. The normalized spacial score (nSPS) is 13.6. The molecule has 6 nitrogen and oxygen atoms in total. The van der Waals surface area contributed by atoms with Crippen LogP contribution in [0.4, 0.5) is 13.2 Å². The zero-order valence-electron chi connectivity index (χ0n) is 16.0. The molecule has 0 saturated carbocycles. The van der Waals surface area contributed by atoms with Crippen LogP contribution in [-0.2, 0) is 15.9 Å². The summed E-state index contributed by atoms with van der Waals surface area (Å²) in [5, 5.41) is 4.33. The quantitative estimate of drug-likeness (QED) is 0.426. The molecule has 0 N–H and O–H groups in total. The highest BCUT2D eigenvalue weighted by Crippen LogP contribution is 2.36. The lowest BCUT2D eigenvalue weighted by Gasteiger charge is -2.08. The second-order valence-electron chi connectivity index (χ2n) is 6.48. The first-order chi connectivity index (χ1) is 14.4. The summed E-state index contributed by atoms with van der Waals surface area (Å²) >= 11 is 12.3. The Bertz CT molecular complexity index is 1240. The topological polar surface area (TPSA) is 85.4 Å². The van der Waals surface area contributed by atoms with E-state index in [0.717, 1.165) is 12.1 Å². The van der Waals surface area contributed by atoms with E-state index in [1.165, 1.54) is 6.26 Å². The van der Waals surface area contributed by atoms with Gasteiger partial charge in [0.05, 0.1) is 25.3 Å². The Morgan fingerprint density at radius 3 is 2.39 bits per heavy atom. The molecule has 1 atom stereocenters. The highest BCUT2D eigenvalue weighted by molar-refractivity contribution is 7.92. The van der Waals surface area contributed by atoms with Gasteiger partial charge < -0.3 is 4.52 Å². The van der Waals surface area contributed by atoms with Gasteiger partial charge in [0, 0.05) is 23.6 Å². The van der Waals surface area contributed by atoms with Gasteiger partial charge in [0.25, 0.3) is 0 Å². The number of ketones is 1. The molecule has 2 aromatic heterocycles. The number of halogens is 5. The number of hydrogen-bond acceptors (Lipinski definition) is 6. The van der Waals surface area contributed by atoms with E-state index in [0.29, 0.717) is 27.4 Å². The third-order valence-electron chi connectivity index (χ3n) is 4.28. The fourth-order valence-electron chi connectivity index (χ4n) is 2.64. The number of nitrogens with zero attached hydrogens (tertiary/aromatic N) is 3. The average molecular weight is 492 g/mol. The summed E-state index contributed by atoms with van der Waals surface area (Å²) in [6, 6.07) is 6.59. The van der Waals surface area contributed by atoms with E-state index < -0.39 is 33.8 Å². The van der Waals surface area contributed by atoms with Crippen molar-refractivity contribution < 1.29 is 26.7 Å². The largest absolute Gasteiger partial charge is 0.417 e. The molecule has 31 heavy (non-hydrogen) atoms. The van der Waals surface area contributed by atoms with Gasteiger partial charge >= 0.3 is 6.18 Å². The van der Waals surface area contributed by atoms with Crippen LogP contribution in [0, 0.1) is 6.92 Å². The summed E-state index contributed by atoms with van der Waals surface area (Å²) in [6.45, 7) is 1.03. The van der Waals surface area contributed by atoms with Gasteiger partial charge in [-0.05, 0) is 31.2 Å². The molecule has 12 heteroatoms. The first-order valence-corrected chi connectivity index (χ1v) is 11.2. The van der Waals surface area contributed by atoms with Gasteiger partial charge in [0.2, 0.25) is 11.5 Å². The Hall–Kier alpha value is -2.43. The Balaban J connectivity index is 1.86. The third kappa shape index (κ3) is 4.91. The molecule has 164 valence electrons. The molecule has 2 heterocycles. The SMILES string of the molecule is Cc1c(-c2c(Cl)cccc2Cl)noc1C(=O)CN=S(C)(=O)c1ccc(C(F)(F)F)cn1. The minimum Gasteiger partial charge on any atom is -0.352 e. The molecular weight excluding hydrogens is 478 g/mol. The number of carbonyl (C=O) groups excluding carboxylic acids is 1. The lowest BCUT2D eigenvalue weighted by Crippen LogP contribution is -2.10. The Morgan fingerprint density at radius 2 is 1.84 bits per heavy atom. The number of hydrogen-bond donors (Lipinski definition) is 0. The molecule has 0 fully saturated rings. The van der Waals surface area contributed by atoms with E-state index in [-0.39, 0.29) is 16.5 Å². The highest BCUT2D eigenvalue weighted by atomic mass is 35.5. The van der Waals surface area contributed by atoms with Crippen LogP contribution in [0.25, 0.3) is 11.3 Å². The Kier molecular flexibility index (Phi) is 6.45. The van der Waals surface area contributed by atoms with Crippen LogP contribution in [0.2, 0.25) is 10.0 Å². The monoisotopic (exact) mass is 491 g/mol. The van der Waals surface area contributed by atoms with Gasteiger partial charge in [0.1, 0.15) is 17.3 Å². The van der Waals surface area contributed by atoms with E-state index in [2.05, 4.69) is 14.5 Å². The van der Waals surface area contributed by atoms with Gasteiger partial charge in [-0.3, -0.25) is 4.79 Å². The molecular formula is C19H14Cl2F3N3O3S. The molecule has 0 aliphatic rings. The van der Waals surface area contributed by atoms with Crippen LogP contribution in [-0.4, -0.2) is 32.9 Å². The van der Waals surface area contributed by atoms with E-state index in [9.17, 15) is 22.2 Å². The Labute approximate surface area is 185 Å². The minimum absolute atomic E-state index is 0.120. The molecule has 0 radical (unpaired) electrons. The standard InChI is InChI=1S/C19H14Cl2F3N3O3S/c1-10-17(16-12(20)4-3-5-13(16)21)27-30-18(10)14(28)9-26-31(2,29)15-7-6-11(8-25-15)19(22,23)24/h3-8H,9H2,1-2H3. The maximum atomic E-state index is 12.7. The fraction of sp³-hybridized carbons (Fsp3) is 0.211. The summed E-state index contributed by atoms with van der Waals surface area (Å²) in [5.41, 5.74) is 0.0629. The maximum absolute atomic E-state index is 12.7. The first-order valence-electron chi connectivity index (χ1n) is 8.57. The number of alkyl halides is 3. The molecule has 0 bridgehead atoms. The second kappa shape index (κ2) is 8.60. The summed E-state index contributed by atoms with van der Waals surface area (Å²) in [5.74, 6) is -0.744. The number of pyridine rings is 1. The van der Waals surface area contributed by atoms with Gasteiger partial charge in [-0.25, -0.2) is 13.6 Å². The van der Waals surface area contributed by atoms with Crippen molar-refractivity contribution in [2.24, 2.45) is 4.36 Å². The number of benzene rings is 1. The lowest BCUT2D eigenvalue weighted by atomic mass is 10.1. The van der Waals surface area contributed by atoms with Crippen LogP contribution in [0.1, 0.15) is 21.7 Å². The molecule has 0 saturated heterocycles. The van der Waals surface area contributed by atoms with Crippen LogP contribution in [0.5, 0.6) is 0 Å². The highest BCUT2D eigenvalue weighted by Gasteiger charge is 2.31. The smallest absolute Gasteiger partial charge is 0.352 e. The predicted molar refractivity (Wildman–Crippen MR) is 110 cm³/mol. The van der Waals surface area contributed by atoms with Crippen molar-refractivity contribution in [2.75, 3.05) is 12.8 Å². The fourth-order valence-corrected chi connectivity index (χ4v) is 4.29. The van der Waals surface area contributed by atoms with Crippen LogP contribution < -0.4 is 0 Å². The third-order valence-corrected chi connectivity index (χ3v) is 6.55. The van der Waals surface area contributed by atoms with E-state index in [4.69, 9.17) is 27.7 Å². The van der Waals surface area contributed by atoms with Gasteiger partial charge in [-0.15, -0.1) is 0 Å². The number of aromatic nitrogens is 2. The molecule has 0 aliphatic carbocycles. The van der Waals surface area contributed by atoms with Gasteiger partial charge in [-0.2, -0.15) is 13.2 Å². The number of carbonyl (C=O) groups is 1. The second-order valence-corrected chi connectivity index (χ2v) is 9.57. The van der Waals surface area contributed by atoms with E-state index in [1.54, 1.807) is 25.1 Å². The van der Waals surface area contributed by atoms with Crippen molar-refractivity contribution in [1.82, 2.24) is 10.1 Å². The van der Waals surface area contributed by atoms with Crippen molar-refractivity contribution in [3.8, 4) is 11.3 Å². The average Bonchev–Trinajstić information content (AvgIpc) is 3.07. The zero-order valence-corrected chi connectivity index (χ0v) is 18.4. The first kappa shape index (κ1) is 23.2. The molecule has 1 unspecified atom stereocenters. The van der Waals surface area contributed by atoms with Crippen LogP contribution in [0.15, 0.2) is 50.4 Å².